The number of benzene rings is 1. The average Bonchev–Trinajstić information content (AvgIpc) is 2.38. The normalized spacial score (nSPS) is 26.4. The minimum Gasteiger partial charge on any atom is -0.490 e. The molecule has 1 N–H and O–H groups in total. The highest BCUT2D eigenvalue weighted by atomic mass is 16.5. The molecule has 20 heavy (non-hydrogen) atoms. The average molecular weight is 275 g/mol. The summed E-state index contributed by atoms with van der Waals surface area (Å²) in [6, 6.07) is 8.55. The fourth-order valence-corrected chi connectivity index (χ4v) is 3.30. The Morgan fingerprint density at radius 1 is 1.15 bits per heavy atom. The Balaban J connectivity index is 1.90. The van der Waals surface area contributed by atoms with Crippen LogP contribution in [0.5, 0.6) is 5.75 Å². The van der Waals surface area contributed by atoms with E-state index in [-0.39, 0.29) is 0 Å². The highest BCUT2D eigenvalue weighted by Gasteiger charge is 2.25. The van der Waals surface area contributed by atoms with Crippen molar-refractivity contribution in [3.63, 3.8) is 0 Å². The number of rotatable bonds is 6. The van der Waals surface area contributed by atoms with Gasteiger partial charge < -0.3 is 10.1 Å². The van der Waals surface area contributed by atoms with Crippen LogP contribution in [-0.4, -0.2) is 12.6 Å². The molecule has 1 aliphatic carbocycles. The SMILES string of the molecule is CCCNCc1cccc(OC2CC(C)CC(C)C2)c1. The number of nitrogens with one attached hydrogen (secondary N) is 1. The van der Waals surface area contributed by atoms with Gasteiger partial charge in [-0.25, -0.2) is 0 Å². The van der Waals surface area contributed by atoms with Gasteiger partial charge in [-0.1, -0.05) is 32.9 Å². The van der Waals surface area contributed by atoms with Crippen molar-refractivity contribution in [3.8, 4) is 5.75 Å². The summed E-state index contributed by atoms with van der Waals surface area (Å²) < 4.78 is 6.22. The van der Waals surface area contributed by atoms with Crippen LogP contribution in [0.4, 0.5) is 0 Å². The molecular formula is C18H29NO. The molecule has 2 unspecified atom stereocenters. The lowest BCUT2D eigenvalue weighted by Crippen LogP contribution is -2.28. The third-order valence-electron chi connectivity index (χ3n) is 4.09. The highest BCUT2D eigenvalue weighted by molar-refractivity contribution is 5.28. The summed E-state index contributed by atoms with van der Waals surface area (Å²) in [5.74, 6) is 2.61. The second-order valence-electron chi connectivity index (χ2n) is 6.48. The first-order valence-corrected chi connectivity index (χ1v) is 8.13. The molecule has 0 bridgehead atoms. The molecule has 1 aromatic carbocycles. The van der Waals surface area contributed by atoms with Crippen molar-refractivity contribution in [2.24, 2.45) is 11.8 Å². The Morgan fingerprint density at radius 2 is 1.90 bits per heavy atom. The first-order valence-electron chi connectivity index (χ1n) is 8.13. The summed E-state index contributed by atoms with van der Waals surface area (Å²) in [6.07, 6.45) is 5.31. The minimum absolute atomic E-state index is 0.396. The number of hydrogen-bond acceptors (Lipinski definition) is 2. The molecule has 0 radical (unpaired) electrons. The third kappa shape index (κ3) is 4.82. The molecule has 2 rings (SSSR count). The molecule has 1 saturated carbocycles. The number of hydrogen-bond donors (Lipinski definition) is 1. The highest BCUT2D eigenvalue weighted by Crippen LogP contribution is 2.31. The van der Waals surface area contributed by atoms with Crippen molar-refractivity contribution in [1.82, 2.24) is 5.32 Å². The van der Waals surface area contributed by atoms with Gasteiger partial charge >= 0.3 is 0 Å². The van der Waals surface area contributed by atoms with E-state index < -0.39 is 0 Å². The Morgan fingerprint density at radius 3 is 2.60 bits per heavy atom. The Kier molecular flexibility index (Phi) is 5.90. The van der Waals surface area contributed by atoms with Crippen LogP contribution in [0.25, 0.3) is 0 Å². The van der Waals surface area contributed by atoms with E-state index in [9.17, 15) is 0 Å². The molecule has 0 heterocycles. The van der Waals surface area contributed by atoms with Crippen LogP contribution in [0.15, 0.2) is 24.3 Å². The summed E-state index contributed by atoms with van der Waals surface area (Å²) in [5, 5.41) is 3.44. The smallest absolute Gasteiger partial charge is 0.120 e. The zero-order valence-electron chi connectivity index (χ0n) is 13.2. The Hall–Kier alpha value is -1.02. The topological polar surface area (TPSA) is 21.3 Å². The summed E-state index contributed by atoms with van der Waals surface area (Å²) in [7, 11) is 0. The fraction of sp³-hybridized carbons (Fsp3) is 0.667. The molecule has 0 amide bonds. The van der Waals surface area contributed by atoms with Gasteiger partial charge in [0.1, 0.15) is 5.75 Å². The van der Waals surface area contributed by atoms with E-state index in [0.717, 1.165) is 30.7 Å². The van der Waals surface area contributed by atoms with Gasteiger partial charge in [0.25, 0.3) is 0 Å². The molecular weight excluding hydrogens is 246 g/mol. The zero-order chi connectivity index (χ0) is 14.4. The lowest BCUT2D eigenvalue weighted by Gasteiger charge is -2.31. The summed E-state index contributed by atoms with van der Waals surface area (Å²) in [4.78, 5) is 0. The van der Waals surface area contributed by atoms with Crippen molar-refractivity contribution in [3.05, 3.63) is 29.8 Å². The van der Waals surface area contributed by atoms with Gasteiger partial charge in [0.15, 0.2) is 0 Å². The second-order valence-corrected chi connectivity index (χ2v) is 6.48. The predicted molar refractivity (Wildman–Crippen MR) is 85.0 cm³/mol. The quantitative estimate of drug-likeness (QED) is 0.777. The Labute approximate surface area is 123 Å². The van der Waals surface area contributed by atoms with Crippen LogP contribution < -0.4 is 10.1 Å². The third-order valence-corrected chi connectivity index (χ3v) is 4.09. The van der Waals surface area contributed by atoms with Gasteiger partial charge in [-0.2, -0.15) is 0 Å². The lowest BCUT2D eigenvalue weighted by atomic mass is 9.82. The van der Waals surface area contributed by atoms with Crippen LogP contribution in [-0.2, 0) is 6.54 Å². The van der Waals surface area contributed by atoms with Crippen LogP contribution in [0.2, 0.25) is 0 Å². The lowest BCUT2D eigenvalue weighted by molar-refractivity contribution is 0.101. The van der Waals surface area contributed by atoms with E-state index in [1.165, 1.54) is 31.2 Å². The monoisotopic (exact) mass is 275 g/mol. The van der Waals surface area contributed by atoms with Crippen molar-refractivity contribution in [1.29, 1.82) is 0 Å². The maximum atomic E-state index is 6.22. The van der Waals surface area contributed by atoms with Crippen LogP contribution in [0.3, 0.4) is 0 Å². The standard InChI is InChI=1S/C18H29NO/c1-4-8-19-13-16-6-5-7-17(12-16)20-18-10-14(2)9-15(3)11-18/h5-7,12,14-15,18-19H,4,8-11,13H2,1-3H3. The molecule has 2 nitrogen and oxygen atoms in total. The van der Waals surface area contributed by atoms with Crippen LogP contribution in [0, 0.1) is 11.8 Å². The Bertz CT molecular complexity index is 394. The van der Waals surface area contributed by atoms with E-state index in [1.807, 2.05) is 0 Å². The van der Waals surface area contributed by atoms with Gasteiger partial charge in [0.05, 0.1) is 6.10 Å². The van der Waals surface area contributed by atoms with E-state index in [0.29, 0.717) is 6.10 Å². The van der Waals surface area contributed by atoms with E-state index in [1.54, 1.807) is 0 Å². The molecule has 112 valence electrons. The minimum atomic E-state index is 0.396. The molecule has 1 fully saturated rings. The maximum absolute atomic E-state index is 6.22. The van der Waals surface area contributed by atoms with Crippen molar-refractivity contribution < 1.29 is 4.74 Å². The molecule has 1 aliphatic rings. The molecule has 0 spiro atoms. The van der Waals surface area contributed by atoms with Gasteiger partial charge in [0, 0.05) is 6.54 Å². The van der Waals surface area contributed by atoms with E-state index in [2.05, 4.69) is 50.4 Å². The van der Waals surface area contributed by atoms with Crippen molar-refractivity contribution in [2.75, 3.05) is 6.54 Å². The molecule has 0 aromatic heterocycles. The largest absolute Gasteiger partial charge is 0.490 e. The zero-order valence-corrected chi connectivity index (χ0v) is 13.2. The summed E-state index contributed by atoms with van der Waals surface area (Å²) >= 11 is 0. The van der Waals surface area contributed by atoms with Crippen molar-refractivity contribution >= 4 is 0 Å². The predicted octanol–water partition coefficient (Wildman–Crippen LogP) is 4.39. The van der Waals surface area contributed by atoms with E-state index >= 15 is 0 Å². The first-order chi connectivity index (χ1) is 9.67. The summed E-state index contributed by atoms with van der Waals surface area (Å²) in [6.45, 7) is 8.89. The molecule has 0 saturated heterocycles. The summed E-state index contributed by atoms with van der Waals surface area (Å²) in [5.41, 5.74) is 1.31. The molecule has 0 aliphatic heterocycles. The van der Waals surface area contributed by atoms with Gasteiger partial charge in [-0.3, -0.25) is 0 Å². The van der Waals surface area contributed by atoms with Gasteiger partial charge in [-0.15, -0.1) is 0 Å². The number of ether oxygens (including phenoxy) is 1. The van der Waals surface area contributed by atoms with Gasteiger partial charge in [-0.05, 0) is 61.8 Å². The fourth-order valence-electron chi connectivity index (χ4n) is 3.30. The molecule has 2 atom stereocenters. The van der Waals surface area contributed by atoms with E-state index in [4.69, 9.17) is 4.74 Å². The molecule has 1 aromatic rings. The second kappa shape index (κ2) is 7.68. The first kappa shape index (κ1) is 15.4. The van der Waals surface area contributed by atoms with Crippen LogP contribution >= 0.6 is 0 Å². The van der Waals surface area contributed by atoms with Crippen LogP contribution in [0.1, 0.15) is 52.0 Å². The maximum Gasteiger partial charge on any atom is 0.120 e. The van der Waals surface area contributed by atoms with Gasteiger partial charge in [0.2, 0.25) is 0 Å². The molecule has 2 heteroatoms. The van der Waals surface area contributed by atoms with Crippen molar-refractivity contribution in [2.45, 2.75) is 59.1 Å².